The summed E-state index contributed by atoms with van der Waals surface area (Å²) in [5, 5.41) is 12.9. The van der Waals surface area contributed by atoms with Crippen molar-refractivity contribution >= 4 is 5.82 Å². The van der Waals surface area contributed by atoms with Crippen molar-refractivity contribution in [2.24, 2.45) is 5.73 Å². The lowest BCUT2D eigenvalue weighted by Gasteiger charge is -2.03. The Morgan fingerprint density at radius 1 is 1.28 bits per heavy atom. The van der Waals surface area contributed by atoms with Gasteiger partial charge in [0.05, 0.1) is 18.4 Å². The van der Waals surface area contributed by atoms with E-state index in [0.29, 0.717) is 17.9 Å². The van der Waals surface area contributed by atoms with Crippen LogP contribution in [0.5, 0.6) is 0 Å². The molecule has 0 saturated heterocycles. The predicted octanol–water partition coefficient (Wildman–Crippen LogP) is 0.636. The fraction of sp³-hybridized carbons (Fsp3) is 0.0769. The minimum Gasteiger partial charge on any atom is -0.382 e. The van der Waals surface area contributed by atoms with Crippen LogP contribution in [0.4, 0.5) is 5.82 Å². The molecular weight excluding hydrogens is 226 g/mol. The van der Waals surface area contributed by atoms with E-state index in [1.54, 1.807) is 0 Å². The van der Waals surface area contributed by atoms with Gasteiger partial charge >= 0.3 is 0 Å². The minimum absolute atomic E-state index is 0.332. The average molecular weight is 237 g/mol. The number of benzene rings is 1. The molecule has 0 spiro atoms. The Kier molecular flexibility index (Phi) is 3.29. The second-order valence-electron chi connectivity index (χ2n) is 3.52. The number of nitrogen functional groups attached to an aromatic ring is 1. The van der Waals surface area contributed by atoms with Crippen LogP contribution in [-0.2, 0) is 0 Å². The molecule has 0 amide bonds. The van der Waals surface area contributed by atoms with E-state index in [-0.39, 0.29) is 0 Å². The van der Waals surface area contributed by atoms with Crippen molar-refractivity contribution in [3.05, 3.63) is 41.6 Å². The highest BCUT2D eigenvalue weighted by atomic mass is 15.3. The van der Waals surface area contributed by atoms with Crippen LogP contribution >= 0.6 is 0 Å². The predicted molar refractivity (Wildman–Crippen MR) is 68.6 cm³/mol. The second-order valence-corrected chi connectivity index (χ2v) is 3.52. The van der Waals surface area contributed by atoms with Crippen LogP contribution in [0, 0.1) is 23.2 Å². The lowest BCUT2D eigenvalue weighted by atomic mass is 10.2. The monoisotopic (exact) mass is 237 g/mol. The Morgan fingerprint density at radius 3 is 2.56 bits per heavy atom. The molecule has 0 aliphatic rings. The summed E-state index contributed by atoms with van der Waals surface area (Å²) in [5.74, 6) is 6.03. The summed E-state index contributed by atoms with van der Waals surface area (Å²) in [4.78, 5) is 0. The fourth-order valence-corrected chi connectivity index (χ4v) is 1.49. The molecular formula is C13H11N5. The Morgan fingerprint density at radius 2 is 2.00 bits per heavy atom. The molecule has 1 aromatic heterocycles. The maximum absolute atomic E-state index is 8.81. The Balaban J connectivity index is 2.35. The smallest absolute Gasteiger partial charge is 0.145 e. The van der Waals surface area contributed by atoms with E-state index < -0.39 is 0 Å². The Hall–Kier alpha value is -2.76. The Labute approximate surface area is 105 Å². The quantitative estimate of drug-likeness (QED) is 0.711. The zero-order valence-corrected chi connectivity index (χ0v) is 9.59. The van der Waals surface area contributed by atoms with Gasteiger partial charge in [-0.15, -0.1) is 0 Å². The molecule has 0 atom stereocenters. The number of aromatic nitrogens is 2. The molecule has 0 bridgehead atoms. The molecule has 0 radical (unpaired) electrons. The highest BCUT2D eigenvalue weighted by Crippen LogP contribution is 2.16. The van der Waals surface area contributed by atoms with E-state index in [0.717, 1.165) is 11.3 Å². The summed E-state index contributed by atoms with van der Waals surface area (Å²) in [6.45, 7) is 0.333. The van der Waals surface area contributed by atoms with Gasteiger partial charge in [-0.05, 0) is 24.3 Å². The van der Waals surface area contributed by atoms with Crippen molar-refractivity contribution in [3.63, 3.8) is 0 Å². The molecule has 4 N–H and O–H groups in total. The molecule has 1 heterocycles. The maximum Gasteiger partial charge on any atom is 0.145 e. The van der Waals surface area contributed by atoms with Crippen molar-refractivity contribution in [2.75, 3.05) is 12.3 Å². The molecule has 88 valence electrons. The normalized spacial score (nSPS) is 9.33. The highest BCUT2D eigenvalue weighted by Gasteiger charge is 2.07. The first kappa shape index (κ1) is 11.7. The number of hydrogen-bond donors (Lipinski definition) is 2. The molecule has 2 rings (SSSR count). The zero-order chi connectivity index (χ0) is 13.0. The summed E-state index contributed by atoms with van der Waals surface area (Å²) >= 11 is 0. The molecule has 5 nitrogen and oxygen atoms in total. The molecule has 0 unspecified atom stereocenters. The summed E-state index contributed by atoms with van der Waals surface area (Å²) in [6, 6.07) is 9.36. The van der Waals surface area contributed by atoms with Gasteiger partial charge < -0.3 is 11.5 Å². The van der Waals surface area contributed by atoms with Crippen LogP contribution in [0.15, 0.2) is 30.5 Å². The van der Waals surface area contributed by atoms with Crippen molar-refractivity contribution in [2.45, 2.75) is 0 Å². The first-order chi connectivity index (χ1) is 8.76. The van der Waals surface area contributed by atoms with Gasteiger partial charge in [-0.2, -0.15) is 10.4 Å². The number of anilines is 1. The van der Waals surface area contributed by atoms with E-state index in [1.165, 1.54) is 10.9 Å². The molecule has 0 saturated carbocycles. The molecule has 0 aliphatic heterocycles. The number of nitrogens with two attached hydrogens (primary N) is 2. The van der Waals surface area contributed by atoms with E-state index in [9.17, 15) is 0 Å². The van der Waals surface area contributed by atoms with Crippen molar-refractivity contribution in [3.8, 4) is 23.6 Å². The largest absolute Gasteiger partial charge is 0.382 e. The van der Waals surface area contributed by atoms with Gasteiger partial charge in [0, 0.05) is 5.56 Å². The third-order valence-electron chi connectivity index (χ3n) is 2.37. The fourth-order valence-electron chi connectivity index (χ4n) is 1.49. The summed E-state index contributed by atoms with van der Waals surface area (Å²) in [7, 11) is 0. The van der Waals surface area contributed by atoms with Gasteiger partial charge in [0.2, 0.25) is 0 Å². The van der Waals surface area contributed by atoms with Crippen LogP contribution in [0.2, 0.25) is 0 Å². The molecule has 5 heteroatoms. The lowest BCUT2D eigenvalue weighted by molar-refractivity contribution is 0.891. The SMILES string of the molecule is N#Cc1cnn(-c2ccc(C#CCN)cc2)c1N. The summed E-state index contributed by atoms with van der Waals surface area (Å²) in [5.41, 5.74) is 13.1. The van der Waals surface area contributed by atoms with Gasteiger partial charge in [0.25, 0.3) is 0 Å². The van der Waals surface area contributed by atoms with Crippen molar-refractivity contribution in [1.82, 2.24) is 9.78 Å². The number of nitriles is 1. The average Bonchev–Trinajstić information content (AvgIpc) is 2.78. The number of hydrogen-bond acceptors (Lipinski definition) is 4. The van der Waals surface area contributed by atoms with Crippen molar-refractivity contribution < 1.29 is 0 Å². The van der Waals surface area contributed by atoms with Crippen LogP contribution < -0.4 is 11.5 Å². The maximum atomic E-state index is 8.81. The van der Waals surface area contributed by atoms with E-state index in [4.69, 9.17) is 16.7 Å². The molecule has 2 aromatic rings. The first-order valence-electron chi connectivity index (χ1n) is 5.29. The number of nitrogens with zero attached hydrogens (tertiary/aromatic N) is 3. The summed E-state index contributed by atoms with van der Waals surface area (Å²) < 4.78 is 1.51. The van der Waals surface area contributed by atoms with Crippen LogP contribution in [0.3, 0.4) is 0 Å². The van der Waals surface area contributed by atoms with Gasteiger partial charge in [-0.25, -0.2) is 4.68 Å². The van der Waals surface area contributed by atoms with E-state index in [1.807, 2.05) is 30.3 Å². The standard InChI is InChI=1S/C13H11N5/c14-7-1-2-10-3-5-12(6-4-10)18-13(16)11(8-15)9-17-18/h3-6,9H,7,14,16H2. The third kappa shape index (κ3) is 2.17. The van der Waals surface area contributed by atoms with Crippen LogP contribution in [-0.4, -0.2) is 16.3 Å². The number of rotatable bonds is 1. The van der Waals surface area contributed by atoms with Gasteiger partial charge in [-0.1, -0.05) is 11.8 Å². The van der Waals surface area contributed by atoms with Crippen molar-refractivity contribution in [1.29, 1.82) is 5.26 Å². The molecule has 0 aliphatic carbocycles. The molecule has 0 fully saturated rings. The van der Waals surface area contributed by atoms with Gasteiger partial charge in [0.1, 0.15) is 17.5 Å². The zero-order valence-electron chi connectivity index (χ0n) is 9.59. The highest BCUT2D eigenvalue weighted by molar-refractivity contribution is 5.53. The van der Waals surface area contributed by atoms with Crippen LogP contribution in [0.1, 0.15) is 11.1 Å². The van der Waals surface area contributed by atoms with E-state index >= 15 is 0 Å². The van der Waals surface area contributed by atoms with E-state index in [2.05, 4.69) is 16.9 Å². The molecule has 18 heavy (non-hydrogen) atoms. The minimum atomic E-state index is 0.332. The summed E-state index contributed by atoms with van der Waals surface area (Å²) in [6.07, 6.45) is 1.44. The van der Waals surface area contributed by atoms with Gasteiger partial charge in [0.15, 0.2) is 0 Å². The lowest BCUT2D eigenvalue weighted by Crippen LogP contribution is -2.02. The first-order valence-corrected chi connectivity index (χ1v) is 5.29. The topological polar surface area (TPSA) is 93.6 Å². The second kappa shape index (κ2) is 5.05. The van der Waals surface area contributed by atoms with Crippen LogP contribution in [0.25, 0.3) is 5.69 Å². The third-order valence-corrected chi connectivity index (χ3v) is 2.37. The van der Waals surface area contributed by atoms with Gasteiger partial charge in [-0.3, -0.25) is 0 Å². The Bertz CT molecular complexity index is 649. The molecule has 1 aromatic carbocycles.